The first-order chi connectivity index (χ1) is 19.7. The molecule has 0 heterocycles. The number of carbonyl (C=O) groups excluding carboxylic acids is 1. The molecule has 216 valence electrons. The van der Waals surface area contributed by atoms with Gasteiger partial charge in [0.1, 0.15) is 20.2 Å². The van der Waals surface area contributed by atoms with Crippen LogP contribution in [0.15, 0.2) is 112 Å². The molecule has 0 spiro atoms. The zero-order chi connectivity index (χ0) is 30.3. The number of hydrogen-bond acceptors (Lipinski definition) is 9. The molecule has 2 amide bonds. The summed E-state index contributed by atoms with van der Waals surface area (Å²) in [7, 11) is -13.6. The van der Waals surface area contributed by atoms with Gasteiger partial charge in [0.05, 0.1) is 20.4 Å². The molecule has 0 radical (unpaired) electrons. The molecular weight excluding hydrogens is 652 g/mol. The Labute approximate surface area is 297 Å². The molecule has 5 aromatic rings. The molecular formula is C27H19N3Na2O9S3. The third kappa shape index (κ3) is 8.58. The van der Waals surface area contributed by atoms with Gasteiger partial charge in [0, 0.05) is 11.4 Å². The topological polar surface area (TPSA) is 202 Å². The van der Waals surface area contributed by atoms with Gasteiger partial charge in [0.25, 0.3) is 10.0 Å². The van der Waals surface area contributed by atoms with Crippen molar-refractivity contribution in [1.82, 2.24) is 0 Å². The van der Waals surface area contributed by atoms with Crippen molar-refractivity contribution in [3.05, 3.63) is 97.1 Å². The quantitative estimate of drug-likeness (QED) is 0.133. The standard InChI is InChI=1S/C27H21N3O9S3.2Na/c31-27(29-22-9-5-18-7-11-26(42(37,38)39)15-20(18)13-22)28-21-8-4-17-6-10-24(14-19(17)12-21)40(32,33)30-23-2-1-3-25(16-23)41(34,35)36;;/h1-16,30H,(H2,28,29,31)(H,34,35,36)(H,37,38,39);;/q;2*+1/p-2. The zero-order valence-electron chi connectivity index (χ0n) is 23.1. The van der Waals surface area contributed by atoms with Crippen molar-refractivity contribution in [2.24, 2.45) is 0 Å². The number of amides is 2. The van der Waals surface area contributed by atoms with Gasteiger partial charge in [-0.2, -0.15) is 0 Å². The van der Waals surface area contributed by atoms with E-state index in [1.807, 2.05) is 0 Å². The van der Waals surface area contributed by atoms with E-state index in [0.717, 1.165) is 12.1 Å². The normalized spacial score (nSPS) is 11.7. The van der Waals surface area contributed by atoms with Crippen LogP contribution in [-0.4, -0.2) is 40.4 Å². The summed E-state index contributed by atoms with van der Waals surface area (Å²) in [6.07, 6.45) is 0. The molecule has 3 N–H and O–H groups in total. The molecule has 0 bridgehead atoms. The predicted molar refractivity (Wildman–Crippen MR) is 154 cm³/mol. The van der Waals surface area contributed by atoms with Crippen LogP contribution in [0.1, 0.15) is 0 Å². The molecule has 5 aromatic carbocycles. The van der Waals surface area contributed by atoms with Crippen molar-refractivity contribution in [2.45, 2.75) is 14.7 Å². The minimum atomic E-state index is -4.78. The number of anilines is 3. The molecule has 0 aliphatic carbocycles. The number of carbonyl (C=O) groups is 1. The Morgan fingerprint density at radius 3 is 1.48 bits per heavy atom. The van der Waals surface area contributed by atoms with E-state index in [1.165, 1.54) is 48.5 Å². The van der Waals surface area contributed by atoms with Gasteiger partial charge in [-0.3, -0.25) is 4.72 Å². The van der Waals surface area contributed by atoms with E-state index < -0.39 is 46.1 Å². The summed E-state index contributed by atoms with van der Waals surface area (Å²) in [5.41, 5.74) is 0.546. The second-order valence-corrected chi connectivity index (χ2v) is 13.5. The van der Waals surface area contributed by atoms with Gasteiger partial charge in [-0.15, -0.1) is 0 Å². The molecule has 0 aromatic heterocycles. The number of fused-ring (bicyclic) bond motifs is 2. The average molecular weight is 672 g/mol. The average Bonchev–Trinajstić information content (AvgIpc) is 2.91. The van der Waals surface area contributed by atoms with Gasteiger partial charge in [-0.05, 0) is 88.3 Å². The van der Waals surface area contributed by atoms with Crippen LogP contribution in [0.25, 0.3) is 21.5 Å². The molecule has 44 heavy (non-hydrogen) atoms. The Morgan fingerprint density at radius 2 is 0.955 bits per heavy atom. The molecule has 5 rings (SSSR count). The Bertz CT molecular complexity index is 2230. The number of nitrogens with one attached hydrogen (secondary N) is 3. The van der Waals surface area contributed by atoms with Crippen LogP contribution < -0.4 is 74.5 Å². The monoisotopic (exact) mass is 671 g/mol. The first-order valence-electron chi connectivity index (χ1n) is 11.9. The number of rotatable bonds is 7. The van der Waals surface area contributed by atoms with E-state index in [9.17, 15) is 39.2 Å². The maximum atomic E-state index is 13.0. The fourth-order valence-electron chi connectivity index (χ4n) is 4.15. The third-order valence-corrected chi connectivity index (χ3v) is 9.15. The maximum absolute atomic E-state index is 13.0. The van der Waals surface area contributed by atoms with Crippen molar-refractivity contribution >= 4 is 74.9 Å². The molecule has 0 aliphatic heterocycles. The van der Waals surface area contributed by atoms with E-state index in [0.29, 0.717) is 32.9 Å². The molecule has 0 aliphatic rings. The Hall–Kier alpha value is -2.54. The maximum Gasteiger partial charge on any atom is 1.00 e. The van der Waals surface area contributed by atoms with E-state index in [2.05, 4.69) is 15.4 Å². The molecule has 0 fully saturated rings. The van der Waals surface area contributed by atoms with Crippen molar-refractivity contribution in [1.29, 1.82) is 0 Å². The second kappa shape index (κ2) is 13.8. The third-order valence-electron chi connectivity index (χ3n) is 6.11. The summed E-state index contributed by atoms with van der Waals surface area (Å²) in [5.74, 6) is 0. The Morgan fingerprint density at radius 1 is 0.500 bits per heavy atom. The first-order valence-corrected chi connectivity index (χ1v) is 16.2. The molecule has 0 atom stereocenters. The Kier molecular flexibility index (Phi) is 11.3. The second-order valence-electron chi connectivity index (χ2n) is 9.07. The van der Waals surface area contributed by atoms with E-state index in [-0.39, 0.29) is 69.7 Å². The number of sulfonamides is 1. The van der Waals surface area contributed by atoms with Crippen molar-refractivity contribution in [3.63, 3.8) is 0 Å². The van der Waals surface area contributed by atoms with Gasteiger partial charge < -0.3 is 19.7 Å². The molecule has 0 unspecified atom stereocenters. The summed E-state index contributed by atoms with van der Waals surface area (Å²) >= 11 is 0. The minimum Gasteiger partial charge on any atom is -0.744 e. The van der Waals surface area contributed by atoms with Crippen molar-refractivity contribution < 1.29 is 98.3 Å². The SMILES string of the molecule is O=C(Nc1ccc2ccc(S(=O)(=O)[O-])cc2c1)Nc1ccc2ccc(S(=O)(=O)Nc3cccc(S(=O)(=O)[O-])c3)cc2c1.[Na+].[Na+]. The molecule has 0 saturated heterocycles. The molecule has 12 nitrogen and oxygen atoms in total. The first kappa shape index (κ1) is 35.9. The summed E-state index contributed by atoms with van der Waals surface area (Å²) < 4.78 is 96.0. The zero-order valence-corrected chi connectivity index (χ0v) is 29.6. The Balaban J connectivity index is 0.00000264. The van der Waals surface area contributed by atoms with Crippen LogP contribution in [0.2, 0.25) is 0 Å². The van der Waals surface area contributed by atoms with Crippen LogP contribution >= 0.6 is 0 Å². The van der Waals surface area contributed by atoms with E-state index >= 15 is 0 Å². The van der Waals surface area contributed by atoms with Crippen LogP contribution in [0.5, 0.6) is 0 Å². The summed E-state index contributed by atoms with van der Waals surface area (Å²) in [4.78, 5) is 11.5. The fourth-order valence-corrected chi connectivity index (χ4v) is 6.26. The van der Waals surface area contributed by atoms with Crippen LogP contribution in [-0.2, 0) is 30.3 Å². The van der Waals surface area contributed by atoms with Crippen LogP contribution in [0.4, 0.5) is 21.9 Å². The van der Waals surface area contributed by atoms with Crippen molar-refractivity contribution in [2.75, 3.05) is 15.4 Å². The number of hydrogen-bond donors (Lipinski definition) is 3. The summed E-state index contributed by atoms with van der Waals surface area (Å²) in [6.45, 7) is 0. The minimum absolute atomic E-state index is 0. The molecule has 0 saturated carbocycles. The van der Waals surface area contributed by atoms with Gasteiger partial charge in [0.2, 0.25) is 0 Å². The van der Waals surface area contributed by atoms with Gasteiger partial charge in [-0.1, -0.05) is 30.3 Å². The van der Waals surface area contributed by atoms with Crippen LogP contribution in [0.3, 0.4) is 0 Å². The molecule has 17 heteroatoms. The largest absolute Gasteiger partial charge is 1.00 e. The smallest absolute Gasteiger partial charge is 0.744 e. The van der Waals surface area contributed by atoms with Gasteiger partial charge >= 0.3 is 65.1 Å². The fraction of sp³-hybridized carbons (Fsp3) is 0. The van der Waals surface area contributed by atoms with Crippen molar-refractivity contribution in [3.8, 4) is 0 Å². The number of benzene rings is 5. The summed E-state index contributed by atoms with van der Waals surface area (Å²) in [6, 6.07) is 21.6. The predicted octanol–water partition coefficient (Wildman–Crippen LogP) is -1.75. The van der Waals surface area contributed by atoms with E-state index in [4.69, 9.17) is 0 Å². The van der Waals surface area contributed by atoms with Gasteiger partial charge in [-0.25, -0.2) is 30.0 Å². The van der Waals surface area contributed by atoms with Gasteiger partial charge in [0.15, 0.2) is 0 Å². The number of urea groups is 1. The van der Waals surface area contributed by atoms with Crippen LogP contribution in [0, 0.1) is 0 Å². The van der Waals surface area contributed by atoms with E-state index in [1.54, 1.807) is 36.4 Å². The summed E-state index contributed by atoms with van der Waals surface area (Å²) in [5, 5.41) is 7.47.